The standard InChI is InChI=1S/C14H14O3/c1-9-6-10(2)14(12(7-9)16-3)11-4-5-17-13(11)8-15/h4-8H,1-3H3. The Hall–Kier alpha value is -2.03. The molecule has 0 aliphatic carbocycles. The van der Waals surface area contributed by atoms with Crippen LogP contribution in [0.1, 0.15) is 21.7 Å². The molecule has 17 heavy (non-hydrogen) atoms. The lowest BCUT2D eigenvalue weighted by Gasteiger charge is -2.12. The highest BCUT2D eigenvalue weighted by molar-refractivity contribution is 5.87. The number of carbonyl (C=O) groups excluding carboxylic acids is 1. The first-order chi connectivity index (χ1) is 8.17. The van der Waals surface area contributed by atoms with Gasteiger partial charge in [0.05, 0.1) is 13.4 Å². The van der Waals surface area contributed by atoms with Gasteiger partial charge in [-0.05, 0) is 37.1 Å². The third-order valence-electron chi connectivity index (χ3n) is 2.74. The van der Waals surface area contributed by atoms with E-state index in [9.17, 15) is 4.79 Å². The Morgan fingerprint density at radius 1 is 1.29 bits per heavy atom. The summed E-state index contributed by atoms with van der Waals surface area (Å²) in [6.45, 7) is 4.00. The topological polar surface area (TPSA) is 39.4 Å². The minimum Gasteiger partial charge on any atom is -0.496 e. The smallest absolute Gasteiger partial charge is 0.185 e. The molecule has 0 amide bonds. The van der Waals surface area contributed by atoms with Crippen LogP contribution >= 0.6 is 0 Å². The molecule has 0 spiro atoms. The van der Waals surface area contributed by atoms with Crippen LogP contribution < -0.4 is 4.74 Å². The number of furan rings is 1. The molecular formula is C14H14O3. The van der Waals surface area contributed by atoms with Crippen molar-refractivity contribution in [2.45, 2.75) is 13.8 Å². The number of benzene rings is 1. The van der Waals surface area contributed by atoms with Crippen molar-refractivity contribution in [2.75, 3.05) is 7.11 Å². The van der Waals surface area contributed by atoms with Crippen LogP contribution in [-0.2, 0) is 0 Å². The third kappa shape index (κ3) is 1.96. The van der Waals surface area contributed by atoms with Gasteiger partial charge in [0.2, 0.25) is 0 Å². The van der Waals surface area contributed by atoms with Gasteiger partial charge in [0.1, 0.15) is 5.75 Å². The summed E-state index contributed by atoms with van der Waals surface area (Å²) in [7, 11) is 1.62. The zero-order valence-corrected chi connectivity index (χ0v) is 10.1. The molecule has 2 rings (SSSR count). The molecule has 0 saturated carbocycles. The minimum absolute atomic E-state index is 0.329. The third-order valence-corrected chi connectivity index (χ3v) is 2.74. The summed E-state index contributed by atoms with van der Waals surface area (Å²) < 4.78 is 10.5. The van der Waals surface area contributed by atoms with E-state index in [2.05, 4.69) is 6.07 Å². The average molecular weight is 230 g/mol. The van der Waals surface area contributed by atoms with E-state index in [0.29, 0.717) is 12.0 Å². The van der Waals surface area contributed by atoms with Gasteiger partial charge in [0.15, 0.2) is 12.0 Å². The van der Waals surface area contributed by atoms with Gasteiger partial charge >= 0.3 is 0 Å². The average Bonchev–Trinajstić information content (AvgIpc) is 2.75. The van der Waals surface area contributed by atoms with Crippen LogP contribution in [0.15, 0.2) is 28.9 Å². The van der Waals surface area contributed by atoms with Crippen LogP contribution in [0.25, 0.3) is 11.1 Å². The van der Waals surface area contributed by atoms with Crippen LogP contribution in [0.2, 0.25) is 0 Å². The normalized spacial score (nSPS) is 10.3. The van der Waals surface area contributed by atoms with Crippen molar-refractivity contribution in [3.05, 3.63) is 41.3 Å². The molecule has 0 aliphatic rings. The lowest BCUT2D eigenvalue weighted by molar-refractivity contribution is 0.110. The Bertz CT molecular complexity index is 553. The monoisotopic (exact) mass is 230 g/mol. The molecule has 0 N–H and O–H groups in total. The summed E-state index contributed by atoms with van der Waals surface area (Å²) in [6.07, 6.45) is 2.23. The molecule has 0 unspecified atom stereocenters. The van der Waals surface area contributed by atoms with Crippen LogP contribution in [0.4, 0.5) is 0 Å². The fourth-order valence-electron chi connectivity index (χ4n) is 2.05. The summed E-state index contributed by atoms with van der Waals surface area (Å²) >= 11 is 0. The molecule has 3 heteroatoms. The van der Waals surface area contributed by atoms with Crippen molar-refractivity contribution in [2.24, 2.45) is 0 Å². The van der Waals surface area contributed by atoms with Crippen LogP contribution in [0.3, 0.4) is 0 Å². The summed E-state index contributed by atoms with van der Waals surface area (Å²) in [5.41, 5.74) is 3.87. The number of rotatable bonds is 3. The van der Waals surface area contributed by atoms with Gasteiger partial charge in [-0.1, -0.05) is 6.07 Å². The first-order valence-corrected chi connectivity index (χ1v) is 5.35. The Balaban J connectivity index is 2.70. The van der Waals surface area contributed by atoms with Crippen LogP contribution in [-0.4, -0.2) is 13.4 Å². The molecule has 0 fully saturated rings. The first kappa shape index (κ1) is 11.5. The second-order valence-corrected chi connectivity index (χ2v) is 3.98. The second-order valence-electron chi connectivity index (χ2n) is 3.98. The van der Waals surface area contributed by atoms with Crippen LogP contribution in [0, 0.1) is 13.8 Å². The molecule has 1 heterocycles. The Morgan fingerprint density at radius 2 is 2.06 bits per heavy atom. The fraction of sp³-hybridized carbons (Fsp3) is 0.214. The Morgan fingerprint density at radius 3 is 2.71 bits per heavy atom. The van der Waals surface area contributed by atoms with Gasteiger partial charge < -0.3 is 9.15 Å². The zero-order valence-electron chi connectivity index (χ0n) is 10.1. The highest BCUT2D eigenvalue weighted by atomic mass is 16.5. The number of aldehydes is 1. The Kier molecular flexibility index (Phi) is 3.00. The number of methoxy groups -OCH3 is 1. The maximum absolute atomic E-state index is 10.9. The molecule has 0 atom stereocenters. The highest BCUT2D eigenvalue weighted by Crippen LogP contribution is 2.36. The number of hydrogen-bond donors (Lipinski definition) is 0. The fourth-order valence-corrected chi connectivity index (χ4v) is 2.05. The van der Waals surface area contributed by atoms with Crippen molar-refractivity contribution in [3.8, 4) is 16.9 Å². The maximum Gasteiger partial charge on any atom is 0.185 e. The van der Waals surface area contributed by atoms with Crippen molar-refractivity contribution in [1.29, 1.82) is 0 Å². The number of carbonyl (C=O) groups is 1. The van der Waals surface area contributed by atoms with Gasteiger partial charge in [-0.3, -0.25) is 4.79 Å². The molecule has 88 valence electrons. The van der Waals surface area contributed by atoms with Gasteiger partial charge in [0, 0.05) is 11.1 Å². The van der Waals surface area contributed by atoms with Crippen molar-refractivity contribution in [3.63, 3.8) is 0 Å². The molecule has 2 aromatic rings. The van der Waals surface area contributed by atoms with E-state index in [1.165, 1.54) is 6.26 Å². The van der Waals surface area contributed by atoms with E-state index >= 15 is 0 Å². The van der Waals surface area contributed by atoms with Crippen molar-refractivity contribution >= 4 is 6.29 Å². The van der Waals surface area contributed by atoms with Gasteiger partial charge in [-0.25, -0.2) is 0 Å². The highest BCUT2D eigenvalue weighted by Gasteiger charge is 2.15. The Labute approximate surface area is 100 Å². The molecule has 0 saturated heterocycles. The number of ether oxygens (including phenoxy) is 1. The quantitative estimate of drug-likeness (QED) is 0.759. The molecule has 0 aliphatic heterocycles. The number of hydrogen-bond acceptors (Lipinski definition) is 3. The predicted molar refractivity (Wildman–Crippen MR) is 65.6 cm³/mol. The summed E-state index contributed by atoms with van der Waals surface area (Å²) in [6, 6.07) is 5.78. The molecule has 0 radical (unpaired) electrons. The van der Waals surface area contributed by atoms with Crippen LogP contribution in [0.5, 0.6) is 5.75 Å². The first-order valence-electron chi connectivity index (χ1n) is 5.35. The van der Waals surface area contributed by atoms with E-state index in [1.807, 2.05) is 19.9 Å². The van der Waals surface area contributed by atoms with Crippen molar-refractivity contribution < 1.29 is 13.9 Å². The molecular weight excluding hydrogens is 216 g/mol. The maximum atomic E-state index is 10.9. The lowest BCUT2D eigenvalue weighted by Crippen LogP contribution is -1.93. The van der Waals surface area contributed by atoms with E-state index in [4.69, 9.17) is 9.15 Å². The zero-order chi connectivity index (χ0) is 12.4. The van der Waals surface area contributed by atoms with Gasteiger partial charge in [-0.2, -0.15) is 0 Å². The van der Waals surface area contributed by atoms with E-state index in [1.54, 1.807) is 13.2 Å². The molecule has 3 nitrogen and oxygen atoms in total. The van der Waals surface area contributed by atoms with Crippen molar-refractivity contribution in [1.82, 2.24) is 0 Å². The minimum atomic E-state index is 0.329. The molecule has 1 aromatic heterocycles. The summed E-state index contributed by atoms with van der Waals surface area (Å²) in [4.78, 5) is 10.9. The van der Waals surface area contributed by atoms with Gasteiger partial charge in [0.25, 0.3) is 0 Å². The summed E-state index contributed by atoms with van der Waals surface area (Å²) in [5, 5.41) is 0. The SMILES string of the molecule is COc1cc(C)cc(C)c1-c1ccoc1C=O. The second kappa shape index (κ2) is 4.45. The predicted octanol–water partition coefficient (Wildman–Crippen LogP) is 3.38. The van der Waals surface area contributed by atoms with Gasteiger partial charge in [-0.15, -0.1) is 0 Å². The van der Waals surface area contributed by atoms with E-state index < -0.39 is 0 Å². The van der Waals surface area contributed by atoms with E-state index in [-0.39, 0.29) is 0 Å². The lowest BCUT2D eigenvalue weighted by atomic mass is 9.98. The molecule has 1 aromatic carbocycles. The van der Waals surface area contributed by atoms with E-state index in [0.717, 1.165) is 28.0 Å². The molecule has 0 bridgehead atoms. The number of aryl methyl sites for hydroxylation is 2. The summed E-state index contributed by atoms with van der Waals surface area (Å²) in [5.74, 6) is 1.09. The largest absolute Gasteiger partial charge is 0.496 e.